The summed E-state index contributed by atoms with van der Waals surface area (Å²) in [5.41, 5.74) is 0.984. The molecule has 1 aliphatic rings. The predicted octanol–water partition coefficient (Wildman–Crippen LogP) is 1.33. The molecule has 2 heterocycles. The number of aromatic nitrogens is 3. The van der Waals surface area contributed by atoms with E-state index < -0.39 is 0 Å². The van der Waals surface area contributed by atoms with Crippen LogP contribution in [0.3, 0.4) is 0 Å². The molecule has 6 nitrogen and oxygen atoms in total. The monoisotopic (exact) mass is 303 g/mol. The largest absolute Gasteiger partial charge is 0.368 e. The van der Waals surface area contributed by atoms with Gasteiger partial charge in [-0.05, 0) is 31.2 Å². The number of carbonyl (C=O) groups excluding carboxylic acids is 1. The SMILES string of the molecule is C[C@@H](C(=O)N1CCN(c2ccc(F)cc2)CC1)n1cncn1. The minimum atomic E-state index is -0.347. The van der Waals surface area contributed by atoms with Crippen molar-refractivity contribution in [3.63, 3.8) is 0 Å². The maximum Gasteiger partial charge on any atom is 0.247 e. The summed E-state index contributed by atoms with van der Waals surface area (Å²) < 4.78 is 14.5. The highest BCUT2D eigenvalue weighted by Gasteiger charge is 2.26. The smallest absolute Gasteiger partial charge is 0.247 e. The molecule has 0 N–H and O–H groups in total. The van der Waals surface area contributed by atoms with Crippen LogP contribution in [0.15, 0.2) is 36.9 Å². The van der Waals surface area contributed by atoms with Crippen LogP contribution < -0.4 is 4.90 Å². The third kappa shape index (κ3) is 2.93. The molecule has 1 aliphatic heterocycles. The first-order chi connectivity index (χ1) is 10.6. The highest BCUT2D eigenvalue weighted by atomic mass is 19.1. The number of piperazine rings is 1. The number of carbonyl (C=O) groups is 1. The van der Waals surface area contributed by atoms with Crippen molar-refractivity contribution in [2.24, 2.45) is 0 Å². The van der Waals surface area contributed by atoms with Crippen molar-refractivity contribution in [2.45, 2.75) is 13.0 Å². The van der Waals surface area contributed by atoms with E-state index in [-0.39, 0.29) is 17.8 Å². The molecule has 1 fully saturated rings. The number of anilines is 1. The Bertz CT molecular complexity index is 620. The third-order valence-electron chi connectivity index (χ3n) is 3.97. The molecule has 1 aromatic carbocycles. The van der Waals surface area contributed by atoms with E-state index in [0.717, 1.165) is 18.8 Å². The normalized spacial score (nSPS) is 16.6. The summed E-state index contributed by atoms with van der Waals surface area (Å²) in [5.74, 6) is -0.191. The molecule has 1 saturated heterocycles. The van der Waals surface area contributed by atoms with Gasteiger partial charge in [0.25, 0.3) is 0 Å². The minimum absolute atomic E-state index is 0.0456. The van der Waals surface area contributed by atoms with Gasteiger partial charge in [0.15, 0.2) is 0 Å². The zero-order valence-corrected chi connectivity index (χ0v) is 12.4. The summed E-state index contributed by atoms with van der Waals surface area (Å²) >= 11 is 0. The van der Waals surface area contributed by atoms with Crippen molar-refractivity contribution in [1.29, 1.82) is 0 Å². The van der Waals surface area contributed by atoms with E-state index in [1.807, 2.05) is 11.8 Å². The van der Waals surface area contributed by atoms with Crippen molar-refractivity contribution in [3.05, 3.63) is 42.7 Å². The lowest BCUT2D eigenvalue weighted by molar-refractivity contribution is -0.134. The first kappa shape index (κ1) is 14.5. The lowest BCUT2D eigenvalue weighted by Gasteiger charge is -2.37. The molecule has 2 aromatic rings. The molecule has 22 heavy (non-hydrogen) atoms. The molecule has 0 aliphatic carbocycles. The van der Waals surface area contributed by atoms with Gasteiger partial charge < -0.3 is 9.80 Å². The van der Waals surface area contributed by atoms with Gasteiger partial charge in [0.2, 0.25) is 5.91 Å². The molecule has 116 valence electrons. The molecule has 7 heteroatoms. The number of hydrogen-bond acceptors (Lipinski definition) is 4. The second-order valence-corrected chi connectivity index (χ2v) is 5.34. The summed E-state index contributed by atoms with van der Waals surface area (Å²) in [7, 11) is 0. The van der Waals surface area contributed by atoms with Crippen molar-refractivity contribution in [3.8, 4) is 0 Å². The van der Waals surface area contributed by atoms with Crippen LogP contribution >= 0.6 is 0 Å². The molecular weight excluding hydrogens is 285 g/mol. The number of hydrogen-bond donors (Lipinski definition) is 0. The molecule has 3 rings (SSSR count). The molecule has 0 unspecified atom stereocenters. The Kier molecular flexibility index (Phi) is 4.04. The summed E-state index contributed by atoms with van der Waals surface area (Å²) in [6.45, 7) is 4.59. The Morgan fingerprint density at radius 1 is 1.18 bits per heavy atom. The molecule has 0 spiro atoms. The number of rotatable bonds is 3. The van der Waals surface area contributed by atoms with Crippen molar-refractivity contribution in [1.82, 2.24) is 19.7 Å². The van der Waals surface area contributed by atoms with Crippen LogP contribution in [0, 0.1) is 5.82 Å². The maximum atomic E-state index is 13.0. The van der Waals surface area contributed by atoms with Gasteiger partial charge in [0.05, 0.1) is 0 Å². The Labute approximate surface area is 128 Å². The molecule has 0 bridgehead atoms. The number of nitrogens with zero attached hydrogens (tertiary/aromatic N) is 5. The lowest BCUT2D eigenvalue weighted by Crippen LogP contribution is -2.50. The Balaban J connectivity index is 1.59. The van der Waals surface area contributed by atoms with Crippen LogP contribution in [-0.4, -0.2) is 51.8 Å². The molecular formula is C15H18FN5O. The topological polar surface area (TPSA) is 54.3 Å². The average Bonchev–Trinajstić information content (AvgIpc) is 3.09. The number of amides is 1. The Morgan fingerprint density at radius 3 is 2.45 bits per heavy atom. The highest BCUT2D eigenvalue weighted by molar-refractivity contribution is 5.80. The van der Waals surface area contributed by atoms with E-state index in [9.17, 15) is 9.18 Å². The predicted molar refractivity (Wildman–Crippen MR) is 79.9 cm³/mol. The van der Waals surface area contributed by atoms with Crippen molar-refractivity contribution >= 4 is 11.6 Å². The van der Waals surface area contributed by atoms with E-state index in [2.05, 4.69) is 15.0 Å². The molecule has 1 amide bonds. The summed E-state index contributed by atoms with van der Waals surface area (Å²) in [5, 5.41) is 4.01. The zero-order valence-electron chi connectivity index (χ0n) is 12.4. The van der Waals surface area contributed by atoms with Crippen LogP contribution in [0.1, 0.15) is 13.0 Å². The van der Waals surface area contributed by atoms with Gasteiger partial charge in [-0.25, -0.2) is 14.1 Å². The lowest BCUT2D eigenvalue weighted by atomic mass is 10.2. The van der Waals surface area contributed by atoms with Crippen LogP contribution in [0.25, 0.3) is 0 Å². The minimum Gasteiger partial charge on any atom is -0.368 e. The van der Waals surface area contributed by atoms with Gasteiger partial charge in [0.1, 0.15) is 24.5 Å². The van der Waals surface area contributed by atoms with Crippen LogP contribution in [0.2, 0.25) is 0 Å². The summed E-state index contributed by atoms with van der Waals surface area (Å²) in [6.07, 6.45) is 2.98. The van der Waals surface area contributed by atoms with Crippen LogP contribution in [-0.2, 0) is 4.79 Å². The third-order valence-corrected chi connectivity index (χ3v) is 3.97. The van der Waals surface area contributed by atoms with Gasteiger partial charge in [-0.3, -0.25) is 4.79 Å². The molecule has 0 saturated carbocycles. The van der Waals surface area contributed by atoms with Crippen molar-refractivity contribution < 1.29 is 9.18 Å². The fraction of sp³-hybridized carbons (Fsp3) is 0.400. The number of benzene rings is 1. The average molecular weight is 303 g/mol. The number of halogens is 1. The molecule has 1 aromatic heterocycles. The maximum absolute atomic E-state index is 13.0. The fourth-order valence-corrected chi connectivity index (χ4v) is 2.63. The van der Waals surface area contributed by atoms with Gasteiger partial charge in [-0.15, -0.1) is 0 Å². The van der Waals surface area contributed by atoms with E-state index in [1.54, 1.807) is 23.1 Å². The highest BCUT2D eigenvalue weighted by Crippen LogP contribution is 2.18. The second kappa shape index (κ2) is 6.13. The van der Waals surface area contributed by atoms with Gasteiger partial charge in [-0.1, -0.05) is 0 Å². The summed E-state index contributed by atoms with van der Waals surface area (Å²) in [4.78, 5) is 20.3. The second-order valence-electron chi connectivity index (χ2n) is 5.34. The van der Waals surface area contributed by atoms with E-state index >= 15 is 0 Å². The van der Waals surface area contributed by atoms with Crippen LogP contribution in [0.5, 0.6) is 0 Å². The van der Waals surface area contributed by atoms with E-state index in [1.165, 1.54) is 18.5 Å². The Hall–Kier alpha value is -2.44. The molecule has 0 radical (unpaired) electrons. The fourth-order valence-electron chi connectivity index (χ4n) is 2.63. The van der Waals surface area contributed by atoms with Crippen LogP contribution in [0.4, 0.5) is 10.1 Å². The van der Waals surface area contributed by atoms with E-state index in [0.29, 0.717) is 13.1 Å². The summed E-state index contributed by atoms with van der Waals surface area (Å²) in [6, 6.07) is 6.11. The van der Waals surface area contributed by atoms with Gasteiger partial charge >= 0.3 is 0 Å². The van der Waals surface area contributed by atoms with Gasteiger partial charge in [0, 0.05) is 31.9 Å². The van der Waals surface area contributed by atoms with E-state index in [4.69, 9.17) is 0 Å². The first-order valence-electron chi connectivity index (χ1n) is 7.28. The van der Waals surface area contributed by atoms with Gasteiger partial charge in [-0.2, -0.15) is 5.10 Å². The quantitative estimate of drug-likeness (QED) is 0.858. The zero-order chi connectivity index (χ0) is 15.5. The Morgan fingerprint density at radius 2 is 1.86 bits per heavy atom. The standard InChI is InChI=1S/C15H18FN5O/c1-12(21-11-17-10-18-21)15(22)20-8-6-19(7-9-20)14-4-2-13(16)3-5-14/h2-5,10-12H,6-9H2,1H3/t12-/m0/s1. The first-order valence-corrected chi connectivity index (χ1v) is 7.28. The molecule has 1 atom stereocenters. The van der Waals surface area contributed by atoms with Crippen molar-refractivity contribution in [2.75, 3.05) is 31.1 Å².